The molecule has 0 saturated carbocycles. The van der Waals surface area contributed by atoms with Crippen LogP contribution in [-0.4, -0.2) is 13.1 Å². The molecule has 3 aromatic rings. The SMILES string of the molecule is C=C(c1ccccc1C(=O)OC)c1cccc2ccccc12. The summed E-state index contributed by atoms with van der Waals surface area (Å²) in [4.78, 5) is 12.0. The third-order valence-electron chi connectivity index (χ3n) is 3.77. The zero-order chi connectivity index (χ0) is 15.5. The van der Waals surface area contributed by atoms with Gasteiger partial charge in [0.05, 0.1) is 12.7 Å². The molecule has 0 saturated heterocycles. The lowest BCUT2D eigenvalue weighted by Crippen LogP contribution is -2.05. The van der Waals surface area contributed by atoms with Crippen LogP contribution in [0.3, 0.4) is 0 Å². The molecule has 0 aliphatic rings. The van der Waals surface area contributed by atoms with E-state index < -0.39 is 0 Å². The third kappa shape index (κ3) is 2.40. The fourth-order valence-corrected chi connectivity index (χ4v) is 2.67. The van der Waals surface area contributed by atoms with Gasteiger partial charge in [-0.2, -0.15) is 0 Å². The molecule has 0 aromatic heterocycles. The third-order valence-corrected chi connectivity index (χ3v) is 3.77. The Morgan fingerprint density at radius 3 is 2.18 bits per heavy atom. The quantitative estimate of drug-likeness (QED) is 0.654. The van der Waals surface area contributed by atoms with Gasteiger partial charge in [0, 0.05) is 0 Å². The van der Waals surface area contributed by atoms with E-state index in [1.807, 2.05) is 42.5 Å². The number of hydrogen-bond acceptors (Lipinski definition) is 2. The average molecular weight is 288 g/mol. The molecule has 0 radical (unpaired) electrons. The van der Waals surface area contributed by atoms with Crippen LogP contribution in [0.1, 0.15) is 21.5 Å². The molecule has 108 valence electrons. The van der Waals surface area contributed by atoms with Crippen molar-refractivity contribution in [3.05, 3.63) is 90.0 Å². The van der Waals surface area contributed by atoms with Crippen LogP contribution in [-0.2, 0) is 4.74 Å². The second-order valence-electron chi connectivity index (χ2n) is 5.04. The first-order chi connectivity index (χ1) is 10.7. The maximum Gasteiger partial charge on any atom is 0.338 e. The zero-order valence-electron chi connectivity index (χ0n) is 12.4. The Morgan fingerprint density at radius 1 is 0.818 bits per heavy atom. The Kier molecular flexibility index (Phi) is 3.75. The van der Waals surface area contributed by atoms with Gasteiger partial charge in [-0.15, -0.1) is 0 Å². The first-order valence-electron chi connectivity index (χ1n) is 7.07. The van der Waals surface area contributed by atoms with Crippen LogP contribution in [0.5, 0.6) is 0 Å². The van der Waals surface area contributed by atoms with Gasteiger partial charge in [-0.1, -0.05) is 67.2 Å². The molecule has 3 rings (SSSR count). The number of carbonyl (C=O) groups is 1. The van der Waals surface area contributed by atoms with Crippen molar-refractivity contribution in [2.24, 2.45) is 0 Å². The summed E-state index contributed by atoms with van der Waals surface area (Å²) >= 11 is 0. The molecule has 0 unspecified atom stereocenters. The van der Waals surface area contributed by atoms with Gasteiger partial charge < -0.3 is 4.74 Å². The van der Waals surface area contributed by atoms with E-state index in [4.69, 9.17) is 4.74 Å². The molecule has 0 atom stereocenters. The maximum atomic E-state index is 12.0. The van der Waals surface area contributed by atoms with Gasteiger partial charge in [0.15, 0.2) is 0 Å². The Bertz CT molecular complexity index is 857. The molecule has 0 fully saturated rings. The lowest BCUT2D eigenvalue weighted by Gasteiger charge is -2.13. The smallest absolute Gasteiger partial charge is 0.338 e. The van der Waals surface area contributed by atoms with Gasteiger partial charge >= 0.3 is 5.97 Å². The van der Waals surface area contributed by atoms with E-state index in [0.717, 1.165) is 27.5 Å². The second-order valence-corrected chi connectivity index (χ2v) is 5.04. The van der Waals surface area contributed by atoms with E-state index in [1.54, 1.807) is 6.07 Å². The highest BCUT2D eigenvalue weighted by atomic mass is 16.5. The van der Waals surface area contributed by atoms with E-state index in [-0.39, 0.29) is 5.97 Å². The van der Waals surface area contributed by atoms with Crippen molar-refractivity contribution < 1.29 is 9.53 Å². The van der Waals surface area contributed by atoms with Crippen LogP contribution in [0.15, 0.2) is 73.3 Å². The number of ether oxygens (including phenoxy) is 1. The lowest BCUT2D eigenvalue weighted by molar-refractivity contribution is 0.0600. The van der Waals surface area contributed by atoms with Crippen LogP contribution in [0.25, 0.3) is 16.3 Å². The van der Waals surface area contributed by atoms with Crippen molar-refractivity contribution in [3.63, 3.8) is 0 Å². The zero-order valence-corrected chi connectivity index (χ0v) is 12.4. The van der Waals surface area contributed by atoms with E-state index in [9.17, 15) is 4.79 Å². The monoisotopic (exact) mass is 288 g/mol. The van der Waals surface area contributed by atoms with Crippen LogP contribution in [0.4, 0.5) is 0 Å². The van der Waals surface area contributed by atoms with E-state index in [2.05, 4.69) is 24.8 Å². The van der Waals surface area contributed by atoms with Crippen LogP contribution in [0.2, 0.25) is 0 Å². The predicted octanol–water partition coefficient (Wildman–Crippen LogP) is 4.69. The minimum atomic E-state index is -0.350. The van der Waals surface area contributed by atoms with Crippen molar-refractivity contribution in [2.75, 3.05) is 7.11 Å². The lowest BCUT2D eigenvalue weighted by atomic mass is 9.92. The molecule has 2 heteroatoms. The number of methoxy groups -OCH3 is 1. The molecule has 0 spiro atoms. The first kappa shape index (κ1) is 14.1. The van der Waals surface area contributed by atoms with Crippen molar-refractivity contribution >= 4 is 22.3 Å². The van der Waals surface area contributed by atoms with Gasteiger partial charge in [-0.05, 0) is 33.5 Å². The van der Waals surface area contributed by atoms with Gasteiger partial charge in [0.2, 0.25) is 0 Å². The highest BCUT2D eigenvalue weighted by Gasteiger charge is 2.15. The molecular formula is C20H16O2. The molecule has 22 heavy (non-hydrogen) atoms. The molecular weight excluding hydrogens is 272 g/mol. The fourth-order valence-electron chi connectivity index (χ4n) is 2.67. The fraction of sp³-hybridized carbons (Fsp3) is 0.0500. The van der Waals surface area contributed by atoms with Crippen LogP contribution < -0.4 is 0 Å². The molecule has 3 aromatic carbocycles. The summed E-state index contributed by atoms with van der Waals surface area (Å²) in [5.41, 5.74) is 3.17. The molecule has 0 N–H and O–H groups in total. The Morgan fingerprint density at radius 2 is 1.41 bits per heavy atom. The summed E-state index contributed by atoms with van der Waals surface area (Å²) in [7, 11) is 1.39. The van der Waals surface area contributed by atoms with Crippen molar-refractivity contribution in [1.82, 2.24) is 0 Å². The second kappa shape index (κ2) is 5.86. The summed E-state index contributed by atoms with van der Waals surface area (Å²) in [5.74, 6) is -0.350. The molecule has 0 aliphatic carbocycles. The minimum Gasteiger partial charge on any atom is -0.465 e. The van der Waals surface area contributed by atoms with Crippen molar-refractivity contribution in [2.45, 2.75) is 0 Å². The Labute approximate surface area is 129 Å². The summed E-state index contributed by atoms with van der Waals surface area (Å²) in [6, 6.07) is 21.6. The Hall–Kier alpha value is -2.87. The minimum absolute atomic E-state index is 0.350. The number of hydrogen-bond donors (Lipinski definition) is 0. The molecule has 0 amide bonds. The van der Waals surface area contributed by atoms with E-state index in [1.165, 1.54) is 7.11 Å². The van der Waals surface area contributed by atoms with Gasteiger partial charge in [0.25, 0.3) is 0 Å². The van der Waals surface area contributed by atoms with Crippen molar-refractivity contribution in [1.29, 1.82) is 0 Å². The average Bonchev–Trinajstić information content (AvgIpc) is 2.60. The molecule has 0 aliphatic heterocycles. The van der Waals surface area contributed by atoms with E-state index >= 15 is 0 Å². The number of benzene rings is 3. The number of rotatable bonds is 3. The summed E-state index contributed by atoms with van der Waals surface area (Å²) in [5, 5.41) is 2.27. The summed E-state index contributed by atoms with van der Waals surface area (Å²) in [6.45, 7) is 4.21. The number of esters is 1. The van der Waals surface area contributed by atoms with Gasteiger partial charge in [0.1, 0.15) is 0 Å². The Balaban J connectivity index is 2.17. The summed E-state index contributed by atoms with van der Waals surface area (Å²) < 4.78 is 4.87. The highest BCUT2D eigenvalue weighted by Crippen LogP contribution is 2.30. The largest absolute Gasteiger partial charge is 0.465 e. The van der Waals surface area contributed by atoms with Gasteiger partial charge in [-0.25, -0.2) is 4.79 Å². The maximum absolute atomic E-state index is 12.0. The highest BCUT2D eigenvalue weighted by molar-refractivity contribution is 6.02. The van der Waals surface area contributed by atoms with Crippen molar-refractivity contribution in [3.8, 4) is 0 Å². The molecule has 0 heterocycles. The molecule has 2 nitrogen and oxygen atoms in total. The summed E-state index contributed by atoms with van der Waals surface area (Å²) in [6.07, 6.45) is 0. The topological polar surface area (TPSA) is 26.3 Å². The first-order valence-corrected chi connectivity index (χ1v) is 7.07. The standard InChI is InChI=1S/C20H16O2/c1-14(17-10-5-6-12-19(17)20(21)22-2)16-13-7-9-15-8-3-4-11-18(15)16/h3-13H,1H2,2H3. The van der Waals surface area contributed by atoms with E-state index in [0.29, 0.717) is 5.56 Å². The predicted molar refractivity (Wildman–Crippen MR) is 89.9 cm³/mol. The number of fused-ring (bicyclic) bond motifs is 1. The van der Waals surface area contributed by atoms with Crippen LogP contribution in [0, 0.1) is 0 Å². The van der Waals surface area contributed by atoms with Crippen LogP contribution >= 0.6 is 0 Å². The normalized spacial score (nSPS) is 10.4. The molecule has 0 bridgehead atoms. The van der Waals surface area contributed by atoms with Gasteiger partial charge in [-0.3, -0.25) is 0 Å². The number of carbonyl (C=O) groups excluding carboxylic acids is 1.